The monoisotopic (exact) mass is 370 g/mol. The normalized spacial score (nSPS) is 10.7. The second-order valence-electron chi connectivity index (χ2n) is 5.68. The molecule has 134 valence electrons. The van der Waals surface area contributed by atoms with Crippen molar-refractivity contribution >= 4 is 39.1 Å². The van der Waals surface area contributed by atoms with Gasteiger partial charge in [0.05, 0.1) is 11.4 Å². The van der Waals surface area contributed by atoms with Crippen molar-refractivity contribution in [1.82, 2.24) is 25.8 Å². The lowest BCUT2D eigenvalue weighted by Gasteiger charge is -2.07. The number of nitrogens with one attached hydrogen (secondary N) is 2. The van der Waals surface area contributed by atoms with Gasteiger partial charge in [-0.2, -0.15) is 5.10 Å². The maximum absolute atomic E-state index is 12.4. The number of rotatable bonds is 5. The summed E-state index contributed by atoms with van der Waals surface area (Å²) in [6, 6.07) is 3.24. The van der Waals surface area contributed by atoms with Crippen molar-refractivity contribution in [3.8, 4) is 0 Å². The van der Waals surface area contributed by atoms with Gasteiger partial charge in [-0.05, 0) is 31.5 Å². The second-order valence-corrected chi connectivity index (χ2v) is 6.68. The molecular weight excluding hydrogens is 352 g/mol. The number of hydrogen-bond acceptors (Lipinski definition) is 7. The van der Waals surface area contributed by atoms with Crippen LogP contribution < -0.4 is 16.4 Å². The third kappa shape index (κ3) is 3.47. The van der Waals surface area contributed by atoms with Gasteiger partial charge in [0.2, 0.25) is 0 Å². The summed E-state index contributed by atoms with van der Waals surface area (Å²) in [4.78, 5) is 29.2. The first-order valence-electron chi connectivity index (χ1n) is 7.97. The van der Waals surface area contributed by atoms with Crippen molar-refractivity contribution in [2.24, 2.45) is 0 Å². The summed E-state index contributed by atoms with van der Waals surface area (Å²) in [6.45, 7) is 4.35. The van der Waals surface area contributed by atoms with Crippen LogP contribution in [0, 0.1) is 13.8 Å². The topological polar surface area (TPSA) is 123 Å². The molecule has 0 fully saturated rings. The standard InChI is InChI=1S/C17H18N6O2S/c1-9-10(2)22-23-17-12(9)13(18)14(26-17)16(25)21-8-7-20-15(24)11-3-5-19-6-4-11/h3-6H,7-8,18H2,1-2H3,(H,20,24)(H,21,25). The largest absolute Gasteiger partial charge is 0.397 e. The van der Waals surface area contributed by atoms with E-state index in [1.54, 1.807) is 24.5 Å². The summed E-state index contributed by atoms with van der Waals surface area (Å²) >= 11 is 1.21. The highest BCUT2D eigenvalue weighted by atomic mass is 32.1. The number of carbonyl (C=O) groups is 2. The Balaban J connectivity index is 1.61. The van der Waals surface area contributed by atoms with Gasteiger partial charge < -0.3 is 16.4 Å². The van der Waals surface area contributed by atoms with Gasteiger partial charge in [0.25, 0.3) is 11.8 Å². The molecule has 2 amide bonds. The highest BCUT2D eigenvalue weighted by Crippen LogP contribution is 2.34. The molecule has 0 saturated heterocycles. The van der Waals surface area contributed by atoms with E-state index in [0.717, 1.165) is 16.6 Å². The van der Waals surface area contributed by atoms with Crippen LogP contribution in [0.5, 0.6) is 0 Å². The maximum Gasteiger partial charge on any atom is 0.263 e. The molecule has 0 aliphatic heterocycles. The molecular formula is C17H18N6O2S. The van der Waals surface area contributed by atoms with Crippen LogP contribution in [0.4, 0.5) is 5.69 Å². The van der Waals surface area contributed by atoms with Crippen LogP contribution in [0.15, 0.2) is 24.5 Å². The molecule has 0 aliphatic rings. The molecule has 9 heteroatoms. The fourth-order valence-corrected chi connectivity index (χ4v) is 3.46. The van der Waals surface area contributed by atoms with E-state index in [2.05, 4.69) is 25.8 Å². The molecule has 0 aliphatic carbocycles. The van der Waals surface area contributed by atoms with E-state index in [1.165, 1.54) is 11.3 Å². The predicted molar refractivity (Wildman–Crippen MR) is 100 cm³/mol. The average Bonchev–Trinajstić information content (AvgIpc) is 2.99. The number of carbonyl (C=O) groups excluding carboxylic acids is 2. The molecule has 0 unspecified atom stereocenters. The number of nitrogens with two attached hydrogens (primary N) is 1. The van der Waals surface area contributed by atoms with Crippen molar-refractivity contribution in [1.29, 1.82) is 0 Å². The molecule has 0 radical (unpaired) electrons. The minimum atomic E-state index is -0.291. The van der Waals surface area contributed by atoms with Gasteiger partial charge in [-0.1, -0.05) is 0 Å². The summed E-state index contributed by atoms with van der Waals surface area (Å²) in [5.41, 5.74) is 8.79. The number of aryl methyl sites for hydroxylation is 2. The highest BCUT2D eigenvalue weighted by molar-refractivity contribution is 7.21. The fraction of sp³-hybridized carbons (Fsp3) is 0.235. The zero-order valence-electron chi connectivity index (χ0n) is 14.4. The number of amides is 2. The van der Waals surface area contributed by atoms with Crippen LogP contribution in [-0.4, -0.2) is 40.1 Å². The molecule has 0 saturated carbocycles. The van der Waals surface area contributed by atoms with E-state index in [0.29, 0.717) is 27.5 Å². The van der Waals surface area contributed by atoms with Crippen molar-refractivity contribution in [2.45, 2.75) is 13.8 Å². The lowest BCUT2D eigenvalue weighted by Crippen LogP contribution is -2.34. The molecule has 8 nitrogen and oxygen atoms in total. The van der Waals surface area contributed by atoms with E-state index >= 15 is 0 Å². The molecule has 3 aromatic heterocycles. The molecule has 0 atom stereocenters. The van der Waals surface area contributed by atoms with Crippen LogP contribution in [0.1, 0.15) is 31.3 Å². The number of fused-ring (bicyclic) bond motifs is 1. The van der Waals surface area contributed by atoms with Gasteiger partial charge in [-0.15, -0.1) is 16.4 Å². The van der Waals surface area contributed by atoms with Crippen molar-refractivity contribution in [3.63, 3.8) is 0 Å². The first-order valence-corrected chi connectivity index (χ1v) is 8.79. The zero-order valence-corrected chi connectivity index (χ0v) is 15.2. The SMILES string of the molecule is Cc1nnc2sc(C(=O)NCCNC(=O)c3ccncc3)c(N)c2c1C. The van der Waals surface area contributed by atoms with E-state index in [9.17, 15) is 9.59 Å². The first-order chi connectivity index (χ1) is 12.5. The number of pyridine rings is 1. The van der Waals surface area contributed by atoms with Gasteiger partial charge in [0, 0.05) is 36.4 Å². The third-order valence-corrected chi connectivity index (χ3v) is 5.07. The first kappa shape index (κ1) is 17.7. The lowest BCUT2D eigenvalue weighted by atomic mass is 10.1. The molecule has 26 heavy (non-hydrogen) atoms. The summed E-state index contributed by atoms with van der Waals surface area (Å²) in [7, 11) is 0. The molecule has 0 spiro atoms. The minimum Gasteiger partial charge on any atom is -0.397 e. The smallest absolute Gasteiger partial charge is 0.263 e. The van der Waals surface area contributed by atoms with Gasteiger partial charge in [-0.3, -0.25) is 14.6 Å². The Morgan fingerprint density at radius 1 is 1.08 bits per heavy atom. The molecule has 0 aromatic carbocycles. The lowest BCUT2D eigenvalue weighted by molar-refractivity contribution is 0.0930. The van der Waals surface area contributed by atoms with Gasteiger partial charge in [0.1, 0.15) is 9.71 Å². The average molecular weight is 370 g/mol. The van der Waals surface area contributed by atoms with E-state index < -0.39 is 0 Å². The number of nitrogen functional groups attached to an aromatic ring is 1. The highest BCUT2D eigenvalue weighted by Gasteiger charge is 2.19. The fourth-order valence-electron chi connectivity index (χ4n) is 2.45. The molecule has 4 N–H and O–H groups in total. The van der Waals surface area contributed by atoms with Crippen LogP contribution in [0.2, 0.25) is 0 Å². The second kappa shape index (κ2) is 7.44. The zero-order chi connectivity index (χ0) is 18.7. The maximum atomic E-state index is 12.4. The Hall–Kier alpha value is -3.07. The van der Waals surface area contributed by atoms with Gasteiger partial charge in [-0.25, -0.2) is 0 Å². The number of anilines is 1. The Morgan fingerprint density at radius 3 is 2.42 bits per heavy atom. The number of aromatic nitrogens is 3. The number of thiophene rings is 1. The van der Waals surface area contributed by atoms with E-state index in [4.69, 9.17) is 5.73 Å². The quantitative estimate of drug-likeness (QED) is 0.584. The number of nitrogens with zero attached hydrogens (tertiary/aromatic N) is 3. The molecule has 3 rings (SSSR count). The Labute approximate surface area is 153 Å². The summed E-state index contributed by atoms with van der Waals surface area (Å²) in [5, 5.41) is 14.4. The van der Waals surface area contributed by atoms with Crippen molar-refractivity contribution in [2.75, 3.05) is 18.8 Å². The predicted octanol–water partition coefficient (Wildman–Crippen LogP) is 1.45. The molecule has 3 aromatic rings. The Bertz CT molecular complexity index is 970. The van der Waals surface area contributed by atoms with E-state index in [1.807, 2.05) is 13.8 Å². The third-order valence-electron chi connectivity index (χ3n) is 3.98. The van der Waals surface area contributed by atoms with Gasteiger partial charge >= 0.3 is 0 Å². The summed E-state index contributed by atoms with van der Waals surface area (Å²) in [6.07, 6.45) is 3.10. The van der Waals surface area contributed by atoms with Crippen LogP contribution >= 0.6 is 11.3 Å². The number of hydrogen-bond donors (Lipinski definition) is 3. The van der Waals surface area contributed by atoms with Crippen LogP contribution in [0.25, 0.3) is 10.2 Å². The van der Waals surface area contributed by atoms with E-state index in [-0.39, 0.29) is 18.4 Å². The summed E-state index contributed by atoms with van der Waals surface area (Å²) in [5.74, 6) is -0.509. The van der Waals surface area contributed by atoms with Crippen molar-refractivity contribution in [3.05, 3.63) is 46.2 Å². The van der Waals surface area contributed by atoms with Crippen LogP contribution in [0.3, 0.4) is 0 Å². The minimum absolute atomic E-state index is 0.218. The molecule has 0 bridgehead atoms. The van der Waals surface area contributed by atoms with Crippen molar-refractivity contribution < 1.29 is 9.59 Å². The molecule has 3 heterocycles. The Kier molecular flexibility index (Phi) is 5.08. The summed E-state index contributed by atoms with van der Waals surface area (Å²) < 4.78 is 0. The van der Waals surface area contributed by atoms with Gasteiger partial charge in [0.15, 0.2) is 0 Å². The Morgan fingerprint density at radius 2 is 1.73 bits per heavy atom. The van der Waals surface area contributed by atoms with Crippen LogP contribution in [-0.2, 0) is 0 Å².